The topological polar surface area (TPSA) is 42.4 Å². The van der Waals surface area contributed by atoms with Crippen LogP contribution in [0.2, 0.25) is 5.02 Å². The lowest BCUT2D eigenvalue weighted by atomic mass is 9.99. The first-order chi connectivity index (χ1) is 15.5. The second-order valence-corrected chi connectivity index (χ2v) is 8.92. The molecule has 0 fully saturated rings. The molecule has 2 heterocycles. The summed E-state index contributed by atoms with van der Waals surface area (Å²) in [5, 5.41) is 0.693. The van der Waals surface area contributed by atoms with Gasteiger partial charge < -0.3 is 9.64 Å². The van der Waals surface area contributed by atoms with Crippen LogP contribution >= 0.6 is 27.5 Å². The minimum Gasteiger partial charge on any atom is -0.482 e. The fraction of sp³-hybridized carbons (Fsp3) is 0.0769. The van der Waals surface area contributed by atoms with Crippen LogP contribution in [0.3, 0.4) is 0 Å². The van der Waals surface area contributed by atoms with Crippen molar-refractivity contribution in [2.24, 2.45) is 0 Å². The standard InChI is InChI=1S/C26H18BrClN2O2/c1-30-24-14-18(6-11-25(24)32-15-26(30)31)23-13-19(16-4-9-21(28)10-5-16)12-22(29-23)17-2-7-20(27)8-3-17/h2-14H,15H2,1H3. The summed E-state index contributed by atoms with van der Waals surface area (Å²) < 4.78 is 6.59. The largest absolute Gasteiger partial charge is 0.482 e. The summed E-state index contributed by atoms with van der Waals surface area (Å²) in [4.78, 5) is 18.7. The highest BCUT2D eigenvalue weighted by Crippen LogP contribution is 2.37. The van der Waals surface area contributed by atoms with E-state index in [2.05, 4.69) is 28.1 Å². The smallest absolute Gasteiger partial charge is 0.264 e. The van der Waals surface area contributed by atoms with Crippen molar-refractivity contribution in [3.63, 3.8) is 0 Å². The monoisotopic (exact) mass is 504 g/mol. The van der Waals surface area contributed by atoms with Gasteiger partial charge in [-0.1, -0.05) is 51.8 Å². The van der Waals surface area contributed by atoms with Crippen molar-refractivity contribution < 1.29 is 9.53 Å². The predicted molar refractivity (Wildman–Crippen MR) is 132 cm³/mol. The normalized spacial score (nSPS) is 13.0. The minimum atomic E-state index is -0.0759. The quantitative estimate of drug-likeness (QED) is 0.306. The molecular formula is C26H18BrClN2O2. The van der Waals surface area contributed by atoms with E-state index in [1.54, 1.807) is 11.9 Å². The zero-order chi connectivity index (χ0) is 22.2. The number of halogens is 2. The number of ether oxygens (including phenoxy) is 1. The molecule has 0 atom stereocenters. The molecule has 1 aliphatic heterocycles. The average molecular weight is 506 g/mol. The molecule has 0 bridgehead atoms. The third-order valence-electron chi connectivity index (χ3n) is 5.48. The van der Waals surface area contributed by atoms with Crippen LogP contribution in [0.25, 0.3) is 33.6 Å². The number of pyridine rings is 1. The molecule has 1 amide bonds. The second-order valence-electron chi connectivity index (χ2n) is 7.56. The Kier molecular flexibility index (Phi) is 5.45. The zero-order valence-electron chi connectivity index (χ0n) is 17.2. The molecule has 0 spiro atoms. The van der Waals surface area contributed by atoms with Gasteiger partial charge in [0, 0.05) is 27.7 Å². The summed E-state index contributed by atoms with van der Waals surface area (Å²) in [6, 6.07) is 25.8. The van der Waals surface area contributed by atoms with Crippen LogP contribution in [0, 0.1) is 0 Å². The van der Waals surface area contributed by atoms with E-state index in [0.717, 1.165) is 43.8 Å². The van der Waals surface area contributed by atoms with E-state index in [0.29, 0.717) is 10.8 Å². The number of benzene rings is 3. The molecule has 158 valence electrons. The van der Waals surface area contributed by atoms with Crippen LogP contribution < -0.4 is 9.64 Å². The molecule has 4 aromatic rings. The van der Waals surface area contributed by atoms with Crippen molar-refractivity contribution in [1.29, 1.82) is 0 Å². The Morgan fingerprint density at radius 1 is 0.844 bits per heavy atom. The van der Waals surface area contributed by atoms with Gasteiger partial charge in [-0.2, -0.15) is 0 Å². The van der Waals surface area contributed by atoms with E-state index in [-0.39, 0.29) is 12.5 Å². The average Bonchev–Trinajstić information content (AvgIpc) is 2.82. The van der Waals surface area contributed by atoms with Gasteiger partial charge in [-0.25, -0.2) is 4.98 Å². The van der Waals surface area contributed by atoms with Crippen molar-refractivity contribution >= 4 is 39.1 Å². The van der Waals surface area contributed by atoms with Gasteiger partial charge in [0.1, 0.15) is 5.75 Å². The fourth-order valence-corrected chi connectivity index (χ4v) is 4.08. The summed E-state index contributed by atoms with van der Waals surface area (Å²) in [6.07, 6.45) is 0. The van der Waals surface area contributed by atoms with E-state index in [9.17, 15) is 4.79 Å². The van der Waals surface area contributed by atoms with Crippen molar-refractivity contribution in [3.8, 4) is 39.4 Å². The maximum absolute atomic E-state index is 12.1. The molecule has 0 unspecified atom stereocenters. The lowest BCUT2D eigenvalue weighted by Crippen LogP contribution is -2.35. The molecular weight excluding hydrogens is 488 g/mol. The zero-order valence-corrected chi connectivity index (χ0v) is 19.5. The molecule has 1 aliphatic rings. The highest BCUT2D eigenvalue weighted by molar-refractivity contribution is 9.10. The van der Waals surface area contributed by atoms with Crippen molar-refractivity contribution in [3.05, 3.63) is 88.4 Å². The minimum absolute atomic E-state index is 0.0564. The van der Waals surface area contributed by atoms with Gasteiger partial charge in [-0.3, -0.25) is 4.79 Å². The van der Waals surface area contributed by atoms with Gasteiger partial charge in [0.25, 0.3) is 5.91 Å². The fourth-order valence-electron chi connectivity index (χ4n) is 3.69. The summed E-state index contributed by atoms with van der Waals surface area (Å²) in [6.45, 7) is 0.0564. The predicted octanol–water partition coefficient (Wildman–Crippen LogP) is 6.85. The summed E-state index contributed by atoms with van der Waals surface area (Å²) >= 11 is 9.60. The van der Waals surface area contributed by atoms with Gasteiger partial charge >= 0.3 is 0 Å². The van der Waals surface area contributed by atoms with Crippen LogP contribution in [0.5, 0.6) is 5.75 Å². The molecule has 6 heteroatoms. The van der Waals surface area contributed by atoms with Gasteiger partial charge in [-0.15, -0.1) is 0 Å². The molecule has 4 nitrogen and oxygen atoms in total. The Morgan fingerprint density at radius 3 is 2.19 bits per heavy atom. The van der Waals surface area contributed by atoms with Crippen LogP contribution in [0.1, 0.15) is 0 Å². The number of rotatable bonds is 3. The van der Waals surface area contributed by atoms with E-state index in [1.165, 1.54) is 0 Å². The first-order valence-electron chi connectivity index (χ1n) is 10.1. The molecule has 0 N–H and O–H groups in total. The van der Waals surface area contributed by atoms with Crippen LogP contribution in [-0.4, -0.2) is 24.5 Å². The van der Waals surface area contributed by atoms with Crippen molar-refractivity contribution in [2.75, 3.05) is 18.6 Å². The van der Waals surface area contributed by atoms with Crippen LogP contribution in [-0.2, 0) is 4.79 Å². The SMILES string of the molecule is CN1C(=O)COc2ccc(-c3cc(-c4ccc(Cl)cc4)cc(-c4ccc(Br)cc4)n3)cc21. The Balaban J connectivity index is 1.67. The van der Waals surface area contributed by atoms with E-state index in [4.69, 9.17) is 21.3 Å². The molecule has 32 heavy (non-hydrogen) atoms. The van der Waals surface area contributed by atoms with Gasteiger partial charge in [-0.05, 0) is 65.7 Å². The van der Waals surface area contributed by atoms with E-state index in [1.807, 2.05) is 66.7 Å². The Morgan fingerprint density at radius 2 is 1.47 bits per heavy atom. The first kappa shape index (κ1) is 20.7. The molecule has 5 rings (SSSR count). The van der Waals surface area contributed by atoms with Gasteiger partial charge in [0.15, 0.2) is 6.61 Å². The van der Waals surface area contributed by atoms with E-state index >= 15 is 0 Å². The third kappa shape index (κ3) is 4.01. The van der Waals surface area contributed by atoms with Crippen molar-refractivity contribution in [2.45, 2.75) is 0 Å². The number of carbonyl (C=O) groups is 1. The van der Waals surface area contributed by atoms with Crippen LogP contribution in [0.4, 0.5) is 5.69 Å². The van der Waals surface area contributed by atoms with Gasteiger partial charge in [0.05, 0.1) is 17.1 Å². The van der Waals surface area contributed by atoms with Gasteiger partial charge in [0.2, 0.25) is 0 Å². The number of likely N-dealkylation sites (N-methyl/N-ethyl adjacent to an activating group) is 1. The number of aromatic nitrogens is 1. The molecule has 0 radical (unpaired) electrons. The lowest BCUT2D eigenvalue weighted by Gasteiger charge is -2.26. The third-order valence-corrected chi connectivity index (χ3v) is 6.26. The molecule has 0 saturated heterocycles. The molecule has 1 aromatic heterocycles. The highest BCUT2D eigenvalue weighted by atomic mass is 79.9. The number of fused-ring (bicyclic) bond motifs is 1. The Hall–Kier alpha value is -3.15. The lowest BCUT2D eigenvalue weighted by molar-refractivity contribution is -0.120. The number of amides is 1. The first-order valence-corrected chi connectivity index (χ1v) is 11.2. The summed E-state index contributed by atoms with van der Waals surface area (Å²) in [5.74, 6) is 0.617. The number of carbonyl (C=O) groups excluding carboxylic acids is 1. The number of hydrogen-bond donors (Lipinski definition) is 0. The number of hydrogen-bond acceptors (Lipinski definition) is 3. The Bertz CT molecular complexity index is 1260. The molecule has 3 aromatic carbocycles. The molecule has 0 saturated carbocycles. The maximum atomic E-state index is 12.1. The Labute approximate surface area is 199 Å². The highest BCUT2D eigenvalue weighted by Gasteiger charge is 2.23. The second kappa shape index (κ2) is 8.41. The van der Waals surface area contributed by atoms with Crippen molar-refractivity contribution in [1.82, 2.24) is 4.98 Å². The molecule has 0 aliphatic carbocycles. The van der Waals surface area contributed by atoms with E-state index < -0.39 is 0 Å². The summed E-state index contributed by atoms with van der Waals surface area (Å²) in [7, 11) is 1.76. The number of anilines is 1. The van der Waals surface area contributed by atoms with Crippen LogP contribution in [0.15, 0.2) is 83.3 Å². The summed E-state index contributed by atoms with van der Waals surface area (Å²) in [5.41, 5.74) is 6.40. The maximum Gasteiger partial charge on any atom is 0.264 e. The number of nitrogens with zero attached hydrogens (tertiary/aromatic N) is 2.